The Labute approximate surface area is 172 Å². The van der Waals surface area contributed by atoms with Crippen LogP contribution in [0.4, 0.5) is 16.5 Å². The molecule has 0 saturated carbocycles. The minimum absolute atomic E-state index is 0.0999. The molecule has 0 aliphatic rings. The van der Waals surface area contributed by atoms with Gasteiger partial charge in [-0.15, -0.1) is 10.2 Å². The molecule has 0 aliphatic heterocycles. The van der Waals surface area contributed by atoms with Gasteiger partial charge in [0.2, 0.25) is 11.0 Å². The van der Waals surface area contributed by atoms with Crippen LogP contribution in [0.2, 0.25) is 0 Å². The molecule has 0 spiro atoms. The molecule has 0 saturated heterocycles. The van der Waals surface area contributed by atoms with Crippen molar-refractivity contribution >= 4 is 45.5 Å². The summed E-state index contributed by atoms with van der Waals surface area (Å²) < 4.78 is 5.91. The highest BCUT2D eigenvalue weighted by molar-refractivity contribution is 8.02. The van der Waals surface area contributed by atoms with Crippen molar-refractivity contribution in [3.63, 3.8) is 0 Å². The maximum absolute atomic E-state index is 12.5. The van der Waals surface area contributed by atoms with Gasteiger partial charge in [0.05, 0.1) is 12.4 Å². The van der Waals surface area contributed by atoms with E-state index < -0.39 is 0 Å². The van der Waals surface area contributed by atoms with Gasteiger partial charge in [-0.1, -0.05) is 35.2 Å². The summed E-state index contributed by atoms with van der Waals surface area (Å²) >= 11 is 2.80. The number of nitrogens with zero attached hydrogens (tertiary/aromatic N) is 2. The SMILES string of the molecule is COc1cccc(NC(=O)C(C)Sc2nnc(Nc3ccc(C)c(C)c3)s2)c1. The first kappa shape index (κ1) is 20.2. The highest BCUT2D eigenvalue weighted by Crippen LogP contribution is 2.31. The fourth-order valence-corrected chi connectivity index (χ4v) is 4.32. The monoisotopic (exact) mass is 414 g/mol. The second kappa shape index (κ2) is 9.07. The van der Waals surface area contributed by atoms with Crippen molar-refractivity contribution in [1.29, 1.82) is 0 Å². The first-order valence-corrected chi connectivity index (χ1v) is 10.4. The highest BCUT2D eigenvalue weighted by Gasteiger charge is 2.17. The number of ether oxygens (including phenoxy) is 1. The molecular formula is C20H22N4O2S2. The molecule has 1 unspecified atom stereocenters. The molecule has 0 fully saturated rings. The van der Waals surface area contributed by atoms with Crippen molar-refractivity contribution < 1.29 is 9.53 Å². The Kier molecular flexibility index (Phi) is 6.53. The Hall–Kier alpha value is -2.58. The normalized spacial score (nSPS) is 11.7. The van der Waals surface area contributed by atoms with Crippen molar-refractivity contribution in [1.82, 2.24) is 10.2 Å². The molecule has 0 radical (unpaired) electrons. The van der Waals surface area contributed by atoms with Gasteiger partial charge in [0.25, 0.3) is 0 Å². The minimum Gasteiger partial charge on any atom is -0.497 e. The molecule has 2 aromatic carbocycles. The van der Waals surface area contributed by atoms with Crippen molar-refractivity contribution in [3.8, 4) is 5.75 Å². The molecule has 8 heteroatoms. The predicted octanol–water partition coefficient (Wildman–Crippen LogP) is 5.03. The van der Waals surface area contributed by atoms with Crippen LogP contribution in [0.25, 0.3) is 0 Å². The number of aromatic nitrogens is 2. The Balaban J connectivity index is 1.58. The zero-order chi connectivity index (χ0) is 20.1. The third-order valence-electron chi connectivity index (χ3n) is 4.15. The second-order valence-electron chi connectivity index (χ2n) is 6.28. The molecule has 1 amide bonds. The molecule has 3 rings (SSSR count). The largest absolute Gasteiger partial charge is 0.497 e. The number of hydrogen-bond donors (Lipinski definition) is 2. The fourth-order valence-electron chi connectivity index (χ4n) is 2.40. The summed E-state index contributed by atoms with van der Waals surface area (Å²) in [4.78, 5) is 12.5. The lowest BCUT2D eigenvalue weighted by molar-refractivity contribution is -0.115. The van der Waals surface area contributed by atoms with Gasteiger partial charge in [-0.25, -0.2) is 0 Å². The predicted molar refractivity (Wildman–Crippen MR) is 116 cm³/mol. The number of aryl methyl sites for hydroxylation is 2. The van der Waals surface area contributed by atoms with E-state index in [1.54, 1.807) is 13.2 Å². The molecule has 146 valence electrons. The molecule has 0 bridgehead atoms. The van der Waals surface area contributed by atoms with E-state index in [0.29, 0.717) is 16.6 Å². The Morgan fingerprint density at radius 3 is 2.68 bits per heavy atom. The zero-order valence-corrected chi connectivity index (χ0v) is 17.8. The molecule has 3 aromatic rings. The number of rotatable bonds is 7. The van der Waals surface area contributed by atoms with Crippen LogP contribution in [0.1, 0.15) is 18.1 Å². The van der Waals surface area contributed by atoms with E-state index in [2.05, 4.69) is 46.8 Å². The van der Waals surface area contributed by atoms with Crippen LogP contribution in [0.3, 0.4) is 0 Å². The van der Waals surface area contributed by atoms with Crippen LogP contribution in [0.15, 0.2) is 46.8 Å². The highest BCUT2D eigenvalue weighted by atomic mass is 32.2. The molecule has 1 aromatic heterocycles. The Bertz CT molecular complexity index is 974. The van der Waals surface area contributed by atoms with Gasteiger partial charge >= 0.3 is 0 Å². The smallest absolute Gasteiger partial charge is 0.237 e. The molecule has 6 nitrogen and oxygen atoms in total. The lowest BCUT2D eigenvalue weighted by atomic mass is 10.1. The number of anilines is 3. The van der Waals surface area contributed by atoms with Gasteiger partial charge in [-0.2, -0.15) is 0 Å². The van der Waals surface area contributed by atoms with Gasteiger partial charge in [-0.05, 0) is 56.2 Å². The molecule has 1 atom stereocenters. The fraction of sp³-hybridized carbons (Fsp3) is 0.250. The minimum atomic E-state index is -0.311. The van der Waals surface area contributed by atoms with Crippen molar-refractivity contribution in [2.75, 3.05) is 17.7 Å². The van der Waals surface area contributed by atoms with Crippen LogP contribution in [-0.4, -0.2) is 28.5 Å². The van der Waals surface area contributed by atoms with Crippen molar-refractivity contribution in [3.05, 3.63) is 53.6 Å². The molecule has 1 heterocycles. The summed E-state index contributed by atoms with van der Waals surface area (Å²) in [5.74, 6) is 0.599. The van der Waals surface area contributed by atoms with E-state index in [-0.39, 0.29) is 11.2 Å². The summed E-state index contributed by atoms with van der Waals surface area (Å²) in [6.45, 7) is 6.00. The number of thioether (sulfide) groups is 1. The molecule has 28 heavy (non-hydrogen) atoms. The maximum atomic E-state index is 12.5. The van der Waals surface area contributed by atoms with E-state index in [0.717, 1.165) is 10.0 Å². The number of carbonyl (C=O) groups excluding carboxylic acids is 1. The van der Waals surface area contributed by atoms with Crippen LogP contribution in [0.5, 0.6) is 5.75 Å². The Morgan fingerprint density at radius 2 is 1.93 bits per heavy atom. The quantitative estimate of drug-likeness (QED) is 0.528. The average molecular weight is 415 g/mol. The van der Waals surface area contributed by atoms with Gasteiger partial charge in [0.15, 0.2) is 4.34 Å². The number of benzene rings is 2. The van der Waals surface area contributed by atoms with Gasteiger partial charge in [-0.3, -0.25) is 4.79 Å². The third kappa shape index (κ3) is 5.24. The van der Waals surface area contributed by atoms with E-state index in [4.69, 9.17) is 4.74 Å². The molecule has 0 aliphatic carbocycles. The summed E-state index contributed by atoms with van der Waals surface area (Å²) in [7, 11) is 1.60. The van der Waals surface area contributed by atoms with Crippen LogP contribution < -0.4 is 15.4 Å². The lowest BCUT2D eigenvalue weighted by Crippen LogP contribution is -2.22. The summed E-state index contributed by atoms with van der Waals surface area (Å²) in [5.41, 5.74) is 4.13. The zero-order valence-electron chi connectivity index (χ0n) is 16.1. The summed E-state index contributed by atoms with van der Waals surface area (Å²) in [6.07, 6.45) is 0. The molecular weight excluding hydrogens is 392 g/mol. The average Bonchev–Trinajstić information content (AvgIpc) is 3.11. The summed E-state index contributed by atoms with van der Waals surface area (Å²) in [5, 5.41) is 14.9. The van der Waals surface area contributed by atoms with E-state index in [9.17, 15) is 4.79 Å². The summed E-state index contributed by atoms with van der Waals surface area (Å²) in [6, 6.07) is 13.4. The first-order valence-electron chi connectivity index (χ1n) is 8.74. The lowest BCUT2D eigenvalue weighted by Gasteiger charge is -2.11. The van der Waals surface area contributed by atoms with Gasteiger partial charge in [0, 0.05) is 17.4 Å². The van der Waals surface area contributed by atoms with Crippen LogP contribution in [0, 0.1) is 13.8 Å². The standard InChI is InChI=1S/C20H22N4O2S2/c1-12-8-9-16(10-13(12)2)22-19-23-24-20(28-19)27-14(3)18(25)21-15-6-5-7-17(11-15)26-4/h5-11,14H,1-4H3,(H,21,25)(H,22,23). The van der Waals surface area contributed by atoms with E-state index in [1.807, 2.05) is 31.2 Å². The first-order chi connectivity index (χ1) is 13.4. The topological polar surface area (TPSA) is 76.1 Å². The number of methoxy groups -OCH3 is 1. The van der Waals surface area contributed by atoms with E-state index in [1.165, 1.54) is 34.2 Å². The van der Waals surface area contributed by atoms with Crippen LogP contribution >= 0.6 is 23.1 Å². The number of nitrogens with one attached hydrogen (secondary N) is 2. The third-order valence-corrected chi connectivity index (χ3v) is 6.17. The van der Waals surface area contributed by atoms with Crippen molar-refractivity contribution in [2.45, 2.75) is 30.4 Å². The van der Waals surface area contributed by atoms with E-state index >= 15 is 0 Å². The number of hydrogen-bond acceptors (Lipinski definition) is 7. The van der Waals surface area contributed by atoms with Gasteiger partial charge < -0.3 is 15.4 Å². The van der Waals surface area contributed by atoms with Crippen LogP contribution in [-0.2, 0) is 4.79 Å². The number of amides is 1. The Morgan fingerprint density at radius 1 is 1.11 bits per heavy atom. The molecule has 2 N–H and O–H groups in total. The maximum Gasteiger partial charge on any atom is 0.237 e. The second-order valence-corrected chi connectivity index (χ2v) is 8.84. The van der Waals surface area contributed by atoms with Crippen molar-refractivity contribution in [2.24, 2.45) is 0 Å². The van der Waals surface area contributed by atoms with Gasteiger partial charge in [0.1, 0.15) is 5.75 Å². The number of carbonyl (C=O) groups is 1.